The largest absolute Gasteiger partial charge is 0.483 e. The summed E-state index contributed by atoms with van der Waals surface area (Å²) in [6, 6.07) is 30.2. The number of aryl methyl sites for hydroxylation is 2. The first-order chi connectivity index (χ1) is 24.0. The summed E-state index contributed by atoms with van der Waals surface area (Å²) in [4.78, 5) is 40.1. The van der Waals surface area contributed by atoms with Gasteiger partial charge in [-0.2, -0.15) is 0 Å². The van der Waals surface area contributed by atoms with Gasteiger partial charge in [-0.15, -0.1) is 0 Å². The summed E-state index contributed by atoms with van der Waals surface area (Å²) in [5.41, 5.74) is 4.56. The Labute approximate surface area is 300 Å². The van der Waals surface area contributed by atoms with Crippen LogP contribution >= 0.6 is 11.6 Å². The van der Waals surface area contributed by atoms with E-state index < -0.39 is 24.2 Å². The van der Waals surface area contributed by atoms with Crippen LogP contribution in [0, 0.1) is 19.8 Å². The lowest BCUT2D eigenvalue weighted by Crippen LogP contribution is -2.54. The van der Waals surface area contributed by atoms with Crippen LogP contribution < -0.4 is 20.7 Å². The Morgan fingerprint density at radius 1 is 0.700 bits per heavy atom. The number of hydrogen-bond acceptors (Lipinski definition) is 5. The van der Waals surface area contributed by atoms with Gasteiger partial charge in [0.25, 0.3) is 5.91 Å². The molecular weight excluding hydrogens is 650 g/mol. The molecule has 0 spiro atoms. The number of halogens is 1. The fraction of sp³-hybridized carbons (Fsp3) is 0.341. The molecule has 0 aliphatic rings. The molecule has 0 aliphatic carbocycles. The van der Waals surface area contributed by atoms with Crippen molar-refractivity contribution in [3.05, 3.63) is 136 Å². The standard InChI is InChI=1S/C41H48ClN3O5/c1-27(2)39(45-37(47)24-32-18-20-33(42)21-19-32)41(49)43-34(22-30-14-7-5-8-15-30)25-36(46)35(23-31-16-9-6-10-17-31)44-38(48)26-50-40-28(3)12-11-13-29(40)4/h5-21,27,34-36,39,46H,22-26H2,1-4H3,(H,43,49)(H,44,48)(H,45,47)/t34-,35-,36-,39-/m0/s1. The van der Waals surface area contributed by atoms with Crippen LogP contribution in [0.2, 0.25) is 5.02 Å². The van der Waals surface area contributed by atoms with Crippen molar-refractivity contribution in [2.45, 2.75) is 77.6 Å². The summed E-state index contributed by atoms with van der Waals surface area (Å²) in [6.45, 7) is 7.40. The van der Waals surface area contributed by atoms with Crippen molar-refractivity contribution in [2.24, 2.45) is 5.92 Å². The third kappa shape index (κ3) is 12.0. The molecule has 0 heterocycles. The molecule has 4 atom stereocenters. The molecule has 0 aromatic heterocycles. The summed E-state index contributed by atoms with van der Waals surface area (Å²) in [7, 11) is 0. The van der Waals surface area contributed by atoms with Gasteiger partial charge in [-0.25, -0.2) is 0 Å². The number of aliphatic hydroxyl groups is 1. The predicted octanol–water partition coefficient (Wildman–Crippen LogP) is 5.93. The normalized spacial score (nSPS) is 13.5. The minimum atomic E-state index is -1.02. The van der Waals surface area contributed by atoms with Gasteiger partial charge in [-0.3, -0.25) is 14.4 Å². The van der Waals surface area contributed by atoms with Gasteiger partial charge in [-0.1, -0.05) is 116 Å². The number of ether oxygens (including phenoxy) is 1. The van der Waals surface area contributed by atoms with E-state index in [1.165, 1.54) is 0 Å². The maximum atomic E-state index is 13.8. The van der Waals surface area contributed by atoms with Crippen molar-refractivity contribution in [3.8, 4) is 5.75 Å². The Morgan fingerprint density at radius 2 is 1.28 bits per heavy atom. The zero-order valence-corrected chi connectivity index (χ0v) is 30.0. The van der Waals surface area contributed by atoms with E-state index in [0.717, 1.165) is 27.8 Å². The molecule has 4 aromatic rings. The Balaban J connectivity index is 1.49. The first-order valence-electron chi connectivity index (χ1n) is 17.1. The van der Waals surface area contributed by atoms with Gasteiger partial charge in [0.05, 0.1) is 18.6 Å². The molecule has 50 heavy (non-hydrogen) atoms. The molecule has 4 aromatic carbocycles. The second-order valence-corrected chi connectivity index (χ2v) is 13.6. The molecule has 8 nitrogen and oxygen atoms in total. The Morgan fingerprint density at radius 3 is 1.86 bits per heavy atom. The van der Waals surface area contributed by atoms with E-state index >= 15 is 0 Å². The molecule has 4 N–H and O–H groups in total. The fourth-order valence-electron chi connectivity index (χ4n) is 5.95. The fourth-order valence-corrected chi connectivity index (χ4v) is 6.08. The summed E-state index contributed by atoms with van der Waals surface area (Å²) in [6.07, 6.45) is 0.0475. The first-order valence-corrected chi connectivity index (χ1v) is 17.4. The quantitative estimate of drug-likeness (QED) is 0.109. The molecule has 264 valence electrons. The molecule has 4 rings (SSSR count). The van der Waals surface area contributed by atoms with Crippen LogP contribution in [-0.4, -0.2) is 53.7 Å². The van der Waals surface area contributed by atoms with E-state index in [1.54, 1.807) is 24.3 Å². The molecule has 3 amide bonds. The number of nitrogens with one attached hydrogen (secondary N) is 3. The zero-order chi connectivity index (χ0) is 36.0. The number of hydrogen-bond donors (Lipinski definition) is 4. The van der Waals surface area contributed by atoms with Gasteiger partial charge < -0.3 is 25.8 Å². The van der Waals surface area contributed by atoms with E-state index in [1.807, 2.05) is 107 Å². The number of benzene rings is 4. The van der Waals surface area contributed by atoms with Gasteiger partial charge in [0.2, 0.25) is 11.8 Å². The van der Waals surface area contributed by atoms with Gasteiger partial charge >= 0.3 is 0 Å². The Kier molecular flexibility index (Phi) is 14.4. The second-order valence-electron chi connectivity index (χ2n) is 13.2. The van der Waals surface area contributed by atoms with Crippen molar-refractivity contribution in [2.75, 3.05) is 6.61 Å². The molecule has 0 saturated carbocycles. The van der Waals surface area contributed by atoms with Crippen LogP contribution in [0.1, 0.15) is 48.1 Å². The van der Waals surface area contributed by atoms with E-state index in [0.29, 0.717) is 23.6 Å². The number of carbonyl (C=O) groups is 3. The predicted molar refractivity (Wildman–Crippen MR) is 198 cm³/mol. The minimum absolute atomic E-state index is 0.105. The SMILES string of the molecule is Cc1cccc(C)c1OCC(=O)N[C@@H](Cc1ccccc1)[C@@H](O)C[C@H](Cc1ccccc1)NC(=O)[C@@H](NC(=O)Cc1ccc(Cl)cc1)C(C)C. The third-order valence-electron chi connectivity index (χ3n) is 8.61. The molecule has 0 bridgehead atoms. The molecule has 0 aliphatic heterocycles. The molecule has 0 radical (unpaired) electrons. The number of rotatable bonds is 17. The zero-order valence-electron chi connectivity index (χ0n) is 29.2. The van der Waals surface area contributed by atoms with E-state index in [2.05, 4.69) is 16.0 Å². The monoisotopic (exact) mass is 697 g/mol. The van der Waals surface area contributed by atoms with E-state index in [4.69, 9.17) is 16.3 Å². The van der Waals surface area contributed by atoms with Crippen LogP contribution in [0.25, 0.3) is 0 Å². The van der Waals surface area contributed by atoms with Crippen molar-refractivity contribution >= 4 is 29.3 Å². The summed E-state index contributed by atoms with van der Waals surface area (Å²) in [5.74, 6) is -0.528. The highest BCUT2D eigenvalue weighted by atomic mass is 35.5. The number of amides is 3. The van der Waals surface area contributed by atoms with Crippen molar-refractivity contribution in [1.29, 1.82) is 0 Å². The number of para-hydroxylation sites is 1. The minimum Gasteiger partial charge on any atom is -0.483 e. The highest BCUT2D eigenvalue weighted by Gasteiger charge is 2.30. The Hall–Kier alpha value is -4.66. The summed E-state index contributed by atoms with van der Waals surface area (Å²) >= 11 is 5.99. The van der Waals surface area contributed by atoms with Gasteiger partial charge in [0.1, 0.15) is 11.8 Å². The van der Waals surface area contributed by atoms with Gasteiger partial charge in [0, 0.05) is 11.1 Å². The average molecular weight is 698 g/mol. The third-order valence-corrected chi connectivity index (χ3v) is 8.86. The van der Waals surface area contributed by atoms with Crippen LogP contribution in [0.4, 0.5) is 0 Å². The first kappa shape index (κ1) is 38.1. The molecule has 0 fully saturated rings. The van der Waals surface area contributed by atoms with Crippen LogP contribution in [-0.2, 0) is 33.6 Å². The highest BCUT2D eigenvalue weighted by molar-refractivity contribution is 6.30. The molecule has 0 unspecified atom stereocenters. The molecular formula is C41H48ClN3O5. The molecule has 0 saturated heterocycles. The summed E-state index contributed by atoms with van der Waals surface area (Å²) < 4.78 is 5.90. The lowest BCUT2D eigenvalue weighted by atomic mass is 9.93. The van der Waals surface area contributed by atoms with Crippen LogP contribution in [0.15, 0.2) is 103 Å². The lowest BCUT2D eigenvalue weighted by Gasteiger charge is -2.30. The highest BCUT2D eigenvalue weighted by Crippen LogP contribution is 2.22. The van der Waals surface area contributed by atoms with Crippen LogP contribution in [0.5, 0.6) is 5.75 Å². The topological polar surface area (TPSA) is 117 Å². The maximum Gasteiger partial charge on any atom is 0.258 e. The van der Waals surface area contributed by atoms with Gasteiger partial charge in [-0.05, 0) is 79.0 Å². The Bertz CT molecular complexity index is 1660. The lowest BCUT2D eigenvalue weighted by molar-refractivity contribution is -0.130. The number of carbonyl (C=O) groups excluding carboxylic acids is 3. The van der Waals surface area contributed by atoms with E-state index in [-0.39, 0.29) is 43.1 Å². The smallest absolute Gasteiger partial charge is 0.258 e. The molecule has 9 heteroatoms. The van der Waals surface area contributed by atoms with Crippen molar-refractivity contribution in [1.82, 2.24) is 16.0 Å². The van der Waals surface area contributed by atoms with E-state index in [9.17, 15) is 19.5 Å². The summed E-state index contributed by atoms with van der Waals surface area (Å²) in [5, 5.41) is 21.3. The second kappa shape index (κ2) is 18.9. The number of aliphatic hydroxyl groups excluding tert-OH is 1. The van der Waals surface area contributed by atoms with Crippen molar-refractivity contribution in [3.63, 3.8) is 0 Å². The van der Waals surface area contributed by atoms with Gasteiger partial charge in [0.15, 0.2) is 6.61 Å². The van der Waals surface area contributed by atoms with Crippen LogP contribution in [0.3, 0.4) is 0 Å². The average Bonchev–Trinajstić information content (AvgIpc) is 3.08. The maximum absolute atomic E-state index is 13.8. The van der Waals surface area contributed by atoms with Crippen molar-refractivity contribution < 1.29 is 24.2 Å².